The van der Waals surface area contributed by atoms with E-state index in [1.54, 1.807) is 0 Å². The average Bonchev–Trinajstić information content (AvgIpc) is 2.38. The maximum atomic E-state index is 12.0. The van der Waals surface area contributed by atoms with Crippen molar-refractivity contribution < 1.29 is 4.79 Å². The summed E-state index contributed by atoms with van der Waals surface area (Å²) >= 11 is 0. The predicted molar refractivity (Wildman–Crippen MR) is 82.9 cm³/mol. The van der Waals surface area contributed by atoms with E-state index in [0.717, 1.165) is 22.5 Å². The Hall–Kier alpha value is -2.33. The molecule has 4 nitrogen and oxygen atoms in total. The minimum Gasteiger partial charge on any atom is -0.324 e. The van der Waals surface area contributed by atoms with Gasteiger partial charge in [0.2, 0.25) is 0 Å². The van der Waals surface area contributed by atoms with Gasteiger partial charge < -0.3 is 16.4 Å². The number of rotatable bonds is 3. The lowest BCUT2D eigenvalue weighted by molar-refractivity contribution is 0.262. The fraction of sp³-hybridized carbons (Fsp3) is 0.188. The van der Waals surface area contributed by atoms with Crippen LogP contribution >= 0.6 is 0 Å². The van der Waals surface area contributed by atoms with Crippen LogP contribution in [-0.2, 0) is 0 Å². The highest BCUT2D eigenvalue weighted by molar-refractivity contribution is 6.00. The van der Waals surface area contributed by atoms with Gasteiger partial charge in [-0.15, -0.1) is 0 Å². The van der Waals surface area contributed by atoms with Gasteiger partial charge in [0.05, 0.1) is 0 Å². The van der Waals surface area contributed by atoms with Crippen LogP contribution < -0.4 is 16.4 Å². The normalized spacial score (nSPS) is 11.8. The molecule has 0 aliphatic carbocycles. The summed E-state index contributed by atoms with van der Waals surface area (Å²) in [5.41, 5.74) is 9.39. The third-order valence-electron chi connectivity index (χ3n) is 2.98. The lowest BCUT2D eigenvalue weighted by atomic mass is 10.1. The van der Waals surface area contributed by atoms with Crippen LogP contribution in [0.2, 0.25) is 0 Å². The third-order valence-corrected chi connectivity index (χ3v) is 2.98. The molecule has 2 aromatic carbocycles. The Bertz CT molecular complexity index is 608. The molecule has 0 spiro atoms. The van der Waals surface area contributed by atoms with Crippen LogP contribution in [-0.4, -0.2) is 6.03 Å². The standard InChI is InChI=1S/C16H19N3O/c1-11-6-5-7-13(10-11)18-16(20)19-15-9-4-3-8-14(15)12(2)17/h3-10,12H,17H2,1-2H3,(H2,18,19,20). The molecule has 2 amide bonds. The SMILES string of the molecule is Cc1cccc(NC(=O)Nc2ccccc2C(C)N)c1. The van der Waals surface area contributed by atoms with Crippen LogP contribution in [0.4, 0.5) is 16.2 Å². The lowest BCUT2D eigenvalue weighted by Crippen LogP contribution is -2.21. The van der Waals surface area contributed by atoms with Crippen LogP contribution in [0.1, 0.15) is 24.1 Å². The Labute approximate surface area is 119 Å². The first-order valence-corrected chi connectivity index (χ1v) is 6.55. The van der Waals surface area contributed by atoms with Crippen LogP contribution in [0.5, 0.6) is 0 Å². The Morgan fingerprint density at radius 2 is 1.85 bits per heavy atom. The maximum Gasteiger partial charge on any atom is 0.323 e. The van der Waals surface area contributed by atoms with E-state index in [1.165, 1.54) is 0 Å². The van der Waals surface area contributed by atoms with E-state index in [1.807, 2.05) is 62.4 Å². The molecule has 0 aromatic heterocycles. The number of urea groups is 1. The summed E-state index contributed by atoms with van der Waals surface area (Å²) in [5.74, 6) is 0. The number of nitrogens with two attached hydrogens (primary N) is 1. The Kier molecular flexibility index (Phi) is 4.38. The zero-order chi connectivity index (χ0) is 14.5. The number of hydrogen-bond acceptors (Lipinski definition) is 2. The van der Waals surface area contributed by atoms with Gasteiger partial charge in [-0.1, -0.05) is 30.3 Å². The monoisotopic (exact) mass is 269 g/mol. The molecule has 0 saturated carbocycles. The third kappa shape index (κ3) is 3.59. The second kappa shape index (κ2) is 6.21. The molecule has 0 radical (unpaired) electrons. The molecule has 0 heterocycles. The molecule has 4 heteroatoms. The van der Waals surface area contributed by atoms with Crippen molar-refractivity contribution in [2.24, 2.45) is 5.73 Å². The number of amides is 2. The van der Waals surface area contributed by atoms with E-state index in [-0.39, 0.29) is 12.1 Å². The summed E-state index contributed by atoms with van der Waals surface area (Å²) in [4.78, 5) is 12.0. The number of aryl methyl sites for hydroxylation is 1. The van der Waals surface area contributed by atoms with Gasteiger partial charge in [0.15, 0.2) is 0 Å². The molecule has 20 heavy (non-hydrogen) atoms. The predicted octanol–water partition coefficient (Wildman–Crippen LogP) is 3.66. The van der Waals surface area contributed by atoms with E-state index < -0.39 is 0 Å². The Morgan fingerprint density at radius 1 is 1.10 bits per heavy atom. The first-order valence-electron chi connectivity index (χ1n) is 6.55. The summed E-state index contributed by atoms with van der Waals surface area (Å²) in [7, 11) is 0. The first-order chi connectivity index (χ1) is 9.56. The molecule has 0 saturated heterocycles. The number of benzene rings is 2. The van der Waals surface area contributed by atoms with Crippen molar-refractivity contribution in [3.8, 4) is 0 Å². The fourth-order valence-corrected chi connectivity index (χ4v) is 2.02. The number of hydrogen-bond donors (Lipinski definition) is 3. The minimum absolute atomic E-state index is 0.134. The van der Waals surface area contributed by atoms with Crippen molar-refractivity contribution in [3.63, 3.8) is 0 Å². The second-order valence-electron chi connectivity index (χ2n) is 4.82. The van der Waals surface area contributed by atoms with Gasteiger partial charge in [-0.05, 0) is 43.2 Å². The summed E-state index contributed by atoms with van der Waals surface area (Å²) < 4.78 is 0. The lowest BCUT2D eigenvalue weighted by Gasteiger charge is -2.14. The summed E-state index contributed by atoms with van der Waals surface area (Å²) in [5, 5.41) is 5.64. The number of anilines is 2. The number of carbonyl (C=O) groups is 1. The van der Waals surface area contributed by atoms with Crippen molar-refractivity contribution in [1.82, 2.24) is 0 Å². The molecule has 1 atom stereocenters. The van der Waals surface area contributed by atoms with Crippen molar-refractivity contribution in [3.05, 3.63) is 59.7 Å². The van der Waals surface area contributed by atoms with Crippen LogP contribution in [0.15, 0.2) is 48.5 Å². The number of nitrogens with one attached hydrogen (secondary N) is 2. The smallest absolute Gasteiger partial charge is 0.323 e. The second-order valence-corrected chi connectivity index (χ2v) is 4.82. The highest BCUT2D eigenvalue weighted by Crippen LogP contribution is 2.21. The van der Waals surface area contributed by atoms with E-state index in [0.29, 0.717) is 0 Å². The molecule has 1 unspecified atom stereocenters. The molecule has 104 valence electrons. The molecule has 2 aromatic rings. The minimum atomic E-state index is -0.274. The Balaban J connectivity index is 2.09. The molecule has 0 fully saturated rings. The zero-order valence-corrected chi connectivity index (χ0v) is 11.7. The van der Waals surface area contributed by atoms with Gasteiger partial charge in [0.1, 0.15) is 0 Å². The molecular weight excluding hydrogens is 250 g/mol. The Morgan fingerprint density at radius 3 is 2.55 bits per heavy atom. The van der Waals surface area contributed by atoms with Gasteiger partial charge in [0, 0.05) is 17.4 Å². The quantitative estimate of drug-likeness (QED) is 0.796. The van der Waals surface area contributed by atoms with Crippen molar-refractivity contribution in [2.45, 2.75) is 19.9 Å². The summed E-state index contributed by atoms with van der Waals surface area (Å²) in [6.45, 7) is 3.87. The largest absolute Gasteiger partial charge is 0.324 e. The number of carbonyl (C=O) groups excluding carboxylic acids is 1. The van der Waals surface area contributed by atoms with Crippen molar-refractivity contribution in [1.29, 1.82) is 0 Å². The highest BCUT2D eigenvalue weighted by Gasteiger charge is 2.09. The molecule has 0 bridgehead atoms. The van der Waals surface area contributed by atoms with Gasteiger partial charge in [-0.25, -0.2) is 4.79 Å². The fourth-order valence-electron chi connectivity index (χ4n) is 2.02. The molecular formula is C16H19N3O. The van der Waals surface area contributed by atoms with Crippen molar-refractivity contribution >= 4 is 17.4 Å². The van der Waals surface area contributed by atoms with Gasteiger partial charge in [-0.2, -0.15) is 0 Å². The van der Waals surface area contributed by atoms with E-state index in [2.05, 4.69) is 10.6 Å². The van der Waals surface area contributed by atoms with Gasteiger partial charge in [-0.3, -0.25) is 0 Å². The van der Waals surface area contributed by atoms with Crippen LogP contribution in [0, 0.1) is 6.92 Å². The van der Waals surface area contributed by atoms with Crippen LogP contribution in [0.25, 0.3) is 0 Å². The summed E-state index contributed by atoms with van der Waals surface area (Å²) in [6.07, 6.45) is 0. The molecule has 2 rings (SSSR count). The average molecular weight is 269 g/mol. The van der Waals surface area contributed by atoms with Gasteiger partial charge in [0.25, 0.3) is 0 Å². The van der Waals surface area contributed by atoms with Gasteiger partial charge >= 0.3 is 6.03 Å². The van der Waals surface area contributed by atoms with Crippen molar-refractivity contribution in [2.75, 3.05) is 10.6 Å². The van der Waals surface area contributed by atoms with E-state index in [9.17, 15) is 4.79 Å². The molecule has 0 aliphatic rings. The van der Waals surface area contributed by atoms with E-state index >= 15 is 0 Å². The molecule has 0 aliphatic heterocycles. The highest BCUT2D eigenvalue weighted by atomic mass is 16.2. The zero-order valence-electron chi connectivity index (χ0n) is 11.7. The molecule has 4 N–H and O–H groups in total. The maximum absolute atomic E-state index is 12.0. The summed E-state index contributed by atoms with van der Waals surface area (Å²) in [6, 6.07) is 14.8. The van der Waals surface area contributed by atoms with E-state index in [4.69, 9.17) is 5.73 Å². The van der Waals surface area contributed by atoms with Crippen LogP contribution in [0.3, 0.4) is 0 Å². The topological polar surface area (TPSA) is 67.2 Å². The first kappa shape index (κ1) is 14.1. The number of para-hydroxylation sites is 1.